The maximum absolute atomic E-state index is 12.5. The molecule has 0 amide bonds. The largest absolute Gasteiger partial charge is 0.465 e. The van der Waals surface area contributed by atoms with Crippen molar-refractivity contribution in [2.24, 2.45) is 34.5 Å². The predicted octanol–water partition coefficient (Wildman–Crippen LogP) is 3.06. The zero-order chi connectivity index (χ0) is 29.3. The average molecular weight is 580 g/mol. The van der Waals surface area contributed by atoms with Gasteiger partial charge in [-0.3, -0.25) is 4.79 Å². The third kappa shape index (κ3) is 4.61. The Balaban J connectivity index is 1.15. The van der Waals surface area contributed by atoms with Gasteiger partial charge < -0.3 is 34.4 Å². The average Bonchev–Trinajstić information content (AvgIpc) is 3.21. The van der Waals surface area contributed by atoms with Crippen molar-refractivity contribution in [3.05, 3.63) is 21.8 Å². The van der Waals surface area contributed by atoms with Crippen molar-refractivity contribution in [1.29, 1.82) is 0 Å². The minimum absolute atomic E-state index is 0.0538. The summed E-state index contributed by atoms with van der Waals surface area (Å²) in [6, 6.07) is 0. The first kappa shape index (κ1) is 29.3. The number of aliphatic hydroxyl groups is 3. The van der Waals surface area contributed by atoms with Crippen LogP contribution in [0, 0.1) is 44.6 Å². The van der Waals surface area contributed by atoms with Gasteiger partial charge in [0.15, 0.2) is 12.4 Å². The first-order valence-electron chi connectivity index (χ1n) is 15.4. The molecule has 11 nitrogen and oxygen atoms in total. The van der Waals surface area contributed by atoms with Crippen molar-refractivity contribution < 1.29 is 44.2 Å². The molecule has 3 N–H and O–H groups in total. The van der Waals surface area contributed by atoms with Gasteiger partial charge in [0.2, 0.25) is 0 Å². The van der Waals surface area contributed by atoms with Crippen molar-refractivity contribution in [2.45, 2.75) is 127 Å². The fraction of sp³-hybridized carbons (Fsp3) is 0.900. The Hall–Kier alpha value is -1.79. The highest BCUT2D eigenvalue weighted by Crippen LogP contribution is 2.69. The van der Waals surface area contributed by atoms with Gasteiger partial charge in [0.1, 0.15) is 12.2 Å². The van der Waals surface area contributed by atoms with Crippen LogP contribution in [-0.2, 0) is 23.8 Å². The fourth-order valence-electron chi connectivity index (χ4n) is 10.1. The van der Waals surface area contributed by atoms with Gasteiger partial charge in [-0.1, -0.05) is 25.5 Å². The molecule has 0 unspecified atom stereocenters. The summed E-state index contributed by atoms with van der Waals surface area (Å²) in [7, 11) is 0. The molecule has 5 fully saturated rings. The van der Waals surface area contributed by atoms with Crippen LogP contribution in [0.1, 0.15) is 85.0 Å². The number of ether oxygens (including phenoxy) is 3. The molecule has 3 saturated carbocycles. The van der Waals surface area contributed by atoms with E-state index in [9.17, 15) is 30.2 Å². The second-order valence-corrected chi connectivity index (χ2v) is 14.1. The first-order valence-corrected chi connectivity index (χ1v) is 15.4. The van der Waals surface area contributed by atoms with Crippen LogP contribution in [0.2, 0.25) is 0 Å². The van der Waals surface area contributed by atoms with Crippen LogP contribution in [0.5, 0.6) is 0 Å². The van der Waals surface area contributed by atoms with Gasteiger partial charge in [-0.25, -0.2) is 0 Å². The molecule has 0 aromatic rings. The van der Waals surface area contributed by atoms with E-state index in [2.05, 4.69) is 24.8 Å². The lowest BCUT2D eigenvalue weighted by atomic mass is 9.44. The van der Waals surface area contributed by atoms with Crippen LogP contribution in [0.15, 0.2) is 11.6 Å². The molecule has 6 aliphatic rings. The van der Waals surface area contributed by atoms with Gasteiger partial charge in [-0.15, -0.1) is 10.1 Å². The number of nitrogens with zero attached hydrogens (tertiary/aromatic N) is 1. The Morgan fingerprint density at radius 2 is 1.76 bits per heavy atom. The molecule has 11 heteroatoms. The summed E-state index contributed by atoms with van der Waals surface area (Å²) >= 11 is 0. The van der Waals surface area contributed by atoms with E-state index < -0.39 is 41.4 Å². The van der Waals surface area contributed by atoms with Crippen LogP contribution in [-0.4, -0.2) is 75.4 Å². The zero-order valence-corrected chi connectivity index (χ0v) is 24.3. The minimum atomic E-state index is -1.51. The molecular formula is C30H45NO10. The van der Waals surface area contributed by atoms with Crippen molar-refractivity contribution in [2.75, 3.05) is 6.61 Å². The third-order valence-electron chi connectivity index (χ3n) is 12.4. The number of aliphatic hydroxyl groups excluding tert-OH is 2. The predicted molar refractivity (Wildman–Crippen MR) is 143 cm³/mol. The number of carbonyl (C=O) groups is 1. The van der Waals surface area contributed by atoms with Crippen LogP contribution in [0.3, 0.4) is 0 Å². The molecule has 2 saturated heterocycles. The van der Waals surface area contributed by atoms with E-state index in [4.69, 9.17) is 14.2 Å². The summed E-state index contributed by atoms with van der Waals surface area (Å²) in [4.78, 5) is 27.0. The summed E-state index contributed by atoms with van der Waals surface area (Å²) < 4.78 is 17.3. The Kier molecular flexibility index (Phi) is 7.45. The van der Waals surface area contributed by atoms with E-state index >= 15 is 0 Å². The third-order valence-corrected chi connectivity index (χ3v) is 12.4. The normalized spacial score (nSPS) is 51.5. The number of hydrogen-bond donors (Lipinski definition) is 3. The number of carbonyl (C=O) groups excluding carboxylic acids is 1. The molecule has 4 aliphatic carbocycles. The summed E-state index contributed by atoms with van der Waals surface area (Å²) in [6.45, 7) is 6.66. The summed E-state index contributed by atoms with van der Waals surface area (Å²) in [5.74, 6) is 1.17. The van der Waals surface area contributed by atoms with E-state index in [1.54, 1.807) is 6.92 Å². The van der Waals surface area contributed by atoms with Crippen molar-refractivity contribution >= 4 is 5.97 Å². The summed E-state index contributed by atoms with van der Waals surface area (Å²) in [6.07, 6.45) is 4.09. The Morgan fingerprint density at radius 1 is 1.00 bits per heavy atom. The molecular weight excluding hydrogens is 534 g/mol. The minimum Gasteiger partial charge on any atom is -0.465 e. The number of rotatable bonds is 5. The first-order chi connectivity index (χ1) is 19.4. The molecule has 0 spiro atoms. The number of cyclic esters (lactones) is 1. The van der Waals surface area contributed by atoms with E-state index in [0.29, 0.717) is 37.2 Å². The summed E-state index contributed by atoms with van der Waals surface area (Å²) in [5, 5.41) is 43.3. The van der Waals surface area contributed by atoms with Gasteiger partial charge in [-0.2, -0.15) is 0 Å². The molecule has 0 radical (unpaired) electrons. The number of hydrogen-bond acceptors (Lipinski definition) is 10. The van der Waals surface area contributed by atoms with Gasteiger partial charge in [-0.05, 0) is 99.2 Å². The topological polar surface area (TPSA) is 158 Å². The lowest BCUT2D eigenvalue weighted by Crippen LogP contribution is -2.61. The van der Waals surface area contributed by atoms with Crippen molar-refractivity contribution in [3.8, 4) is 0 Å². The second-order valence-electron chi connectivity index (χ2n) is 14.1. The Labute approximate surface area is 240 Å². The number of allylic oxidation sites excluding steroid dienone is 1. The molecule has 0 aromatic heterocycles. The van der Waals surface area contributed by atoms with Gasteiger partial charge in [0.05, 0.1) is 24.4 Å². The summed E-state index contributed by atoms with van der Waals surface area (Å²) in [5.41, 5.74) is 0.369. The van der Waals surface area contributed by atoms with Gasteiger partial charge >= 0.3 is 5.97 Å². The fourth-order valence-corrected chi connectivity index (χ4v) is 10.1. The highest BCUT2D eigenvalue weighted by Gasteiger charge is 2.67. The lowest BCUT2D eigenvalue weighted by molar-refractivity contribution is -0.774. The van der Waals surface area contributed by atoms with Crippen molar-refractivity contribution in [1.82, 2.24) is 0 Å². The highest BCUT2D eigenvalue weighted by atomic mass is 17.0. The quantitative estimate of drug-likeness (QED) is 0.191. The molecule has 41 heavy (non-hydrogen) atoms. The van der Waals surface area contributed by atoms with Gasteiger partial charge in [0.25, 0.3) is 5.09 Å². The zero-order valence-electron chi connectivity index (χ0n) is 24.3. The van der Waals surface area contributed by atoms with Crippen LogP contribution in [0.4, 0.5) is 0 Å². The molecule has 0 bridgehead atoms. The molecule has 6 rings (SSSR count). The monoisotopic (exact) mass is 579 g/mol. The van der Waals surface area contributed by atoms with Crippen LogP contribution < -0.4 is 0 Å². The second kappa shape index (κ2) is 10.4. The maximum Gasteiger partial charge on any atom is 0.305 e. The lowest BCUT2D eigenvalue weighted by Gasteiger charge is -2.62. The van der Waals surface area contributed by atoms with E-state index in [1.165, 1.54) is 5.57 Å². The van der Waals surface area contributed by atoms with E-state index in [-0.39, 0.29) is 28.8 Å². The Bertz CT molecular complexity index is 1070. The van der Waals surface area contributed by atoms with Crippen LogP contribution >= 0.6 is 0 Å². The van der Waals surface area contributed by atoms with E-state index in [1.807, 2.05) is 0 Å². The number of fused-ring (bicyclic) bond motifs is 5. The van der Waals surface area contributed by atoms with Gasteiger partial charge in [0, 0.05) is 6.42 Å². The molecule has 13 atom stereocenters. The standard InChI is InChI=1S/C30H45NO10/c1-16-26(41-31(36)37)24(33)25(34)27(39-16)40-19-8-11-28(2)18(14-19)5-6-22-21(28)9-12-29(3)20(10-13-30(22,29)35)17-4-7-23(32)38-15-17/h14,16-17,19-22,24-27,33-35H,4-13,15H2,1-3H3/t16-,17+,19-,20+,21-,22+,24-,25+,26-,27-,28-,29+,30-/m0/s1. The van der Waals surface area contributed by atoms with E-state index in [0.717, 1.165) is 51.4 Å². The molecule has 0 aromatic carbocycles. The Morgan fingerprint density at radius 3 is 2.46 bits per heavy atom. The SMILES string of the molecule is C[C@@H]1O[C@@H](O[C@@H]2C=C3CC[C@@H]4[C@H](CC[C@]5(C)[C@@H]([C@@H]6CCC(=O)OC6)CC[C@]45O)[C@@]3(C)CC2)[C@H](O)[C@H](O)[C@H]1O[N+](=O)[O-]. The number of esters is 1. The van der Waals surface area contributed by atoms with Crippen LogP contribution in [0.25, 0.3) is 0 Å². The molecule has 230 valence electrons. The smallest absolute Gasteiger partial charge is 0.305 e. The van der Waals surface area contributed by atoms with Crippen molar-refractivity contribution in [3.63, 3.8) is 0 Å². The molecule has 2 aliphatic heterocycles. The maximum atomic E-state index is 12.5. The molecule has 2 heterocycles. The highest BCUT2D eigenvalue weighted by molar-refractivity contribution is 5.70.